The van der Waals surface area contributed by atoms with Gasteiger partial charge >= 0.3 is 12.0 Å². The Morgan fingerprint density at radius 1 is 1.12 bits per heavy atom. The molecule has 0 radical (unpaired) electrons. The summed E-state index contributed by atoms with van der Waals surface area (Å²) in [5, 5.41) is 3.00. The molecule has 2 fully saturated rings. The van der Waals surface area contributed by atoms with E-state index in [2.05, 4.69) is 5.32 Å². The van der Waals surface area contributed by atoms with Crippen molar-refractivity contribution in [1.82, 2.24) is 10.2 Å². The summed E-state index contributed by atoms with van der Waals surface area (Å²) in [6.45, 7) is 8.95. The average molecular weight is 340 g/mol. The van der Waals surface area contributed by atoms with E-state index >= 15 is 0 Å². The number of rotatable bonds is 5. The number of carbonyl (C=O) groups excluding carboxylic acids is 2. The molecule has 0 unspecified atom stereocenters. The summed E-state index contributed by atoms with van der Waals surface area (Å²) < 4.78 is 10.6. The first-order chi connectivity index (χ1) is 11.4. The van der Waals surface area contributed by atoms with Crippen LogP contribution in [0.25, 0.3) is 0 Å². The number of urea groups is 1. The van der Waals surface area contributed by atoms with Gasteiger partial charge in [-0.05, 0) is 58.3 Å². The zero-order valence-corrected chi connectivity index (χ0v) is 15.3. The molecule has 6 nitrogen and oxygen atoms in total. The molecule has 2 aliphatic rings. The van der Waals surface area contributed by atoms with Crippen LogP contribution < -0.4 is 5.32 Å². The van der Waals surface area contributed by atoms with Crippen LogP contribution >= 0.6 is 0 Å². The van der Waals surface area contributed by atoms with E-state index in [1.54, 1.807) is 0 Å². The lowest BCUT2D eigenvalue weighted by Crippen LogP contribution is -2.50. The van der Waals surface area contributed by atoms with Gasteiger partial charge in [0.1, 0.15) is 0 Å². The highest BCUT2D eigenvalue weighted by Gasteiger charge is 2.37. The Morgan fingerprint density at radius 3 is 2.33 bits per heavy atom. The predicted molar refractivity (Wildman–Crippen MR) is 91.7 cm³/mol. The molecule has 0 aromatic rings. The number of likely N-dealkylation sites (tertiary alicyclic amines) is 1. The number of amides is 2. The van der Waals surface area contributed by atoms with Crippen molar-refractivity contribution in [2.45, 2.75) is 71.4 Å². The second-order valence-corrected chi connectivity index (χ2v) is 7.53. The molecule has 24 heavy (non-hydrogen) atoms. The highest BCUT2D eigenvalue weighted by Crippen LogP contribution is 2.40. The minimum atomic E-state index is -0.203. The second-order valence-electron chi connectivity index (χ2n) is 7.53. The standard InChI is InChI=1S/C18H32N2O4/c1-14(2)24-16(21)5-4-15(3)19-17(22)20-10-6-18(7-11-20)8-12-23-13-9-18/h14-15H,4-13H2,1-3H3,(H,19,22)/t15-/m0/s1. The molecular formula is C18H32N2O4. The fourth-order valence-corrected chi connectivity index (χ4v) is 3.52. The van der Waals surface area contributed by atoms with Gasteiger partial charge in [0, 0.05) is 38.8 Å². The number of nitrogens with zero attached hydrogens (tertiary/aromatic N) is 1. The number of nitrogens with one attached hydrogen (secondary N) is 1. The Morgan fingerprint density at radius 2 is 1.75 bits per heavy atom. The van der Waals surface area contributed by atoms with Gasteiger partial charge in [0.15, 0.2) is 0 Å². The van der Waals surface area contributed by atoms with E-state index in [-0.39, 0.29) is 24.1 Å². The molecule has 138 valence electrons. The number of carbonyl (C=O) groups is 2. The molecule has 0 bridgehead atoms. The zero-order valence-electron chi connectivity index (χ0n) is 15.3. The fraction of sp³-hybridized carbons (Fsp3) is 0.889. The van der Waals surface area contributed by atoms with Crippen LogP contribution in [0.3, 0.4) is 0 Å². The molecule has 0 saturated carbocycles. The van der Waals surface area contributed by atoms with Crippen molar-refractivity contribution in [1.29, 1.82) is 0 Å². The number of hydrogen-bond acceptors (Lipinski definition) is 4. The SMILES string of the molecule is CC(C)OC(=O)CC[C@H](C)NC(=O)N1CCC2(CCOCC2)CC1. The Kier molecular flexibility index (Phi) is 6.90. The van der Waals surface area contributed by atoms with Crippen LogP contribution in [0.5, 0.6) is 0 Å². The van der Waals surface area contributed by atoms with Crippen LogP contribution in [-0.4, -0.2) is 55.3 Å². The van der Waals surface area contributed by atoms with Gasteiger partial charge in [-0.1, -0.05) is 0 Å². The molecular weight excluding hydrogens is 308 g/mol. The summed E-state index contributed by atoms with van der Waals surface area (Å²) >= 11 is 0. The van der Waals surface area contributed by atoms with E-state index in [9.17, 15) is 9.59 Å². The quantitative estimate of drug-likeness (QED) is 0.782. The van der Waals surface area contributed by atoms with Gasteiger partial charge in [-0.2, -0.15) is 0 Å². The van der Waals surface area contributed by atoms with Crippen molar-refractivity contribution in [3.63, 3.8) is 0 Å². The largest absolute Gasteiger partial charge is 0.463 e. The minimum Gasteiger partial charge on any atom is -0.463 e. The first-order valence-corrected chi connectivity index (χ1v) is 9.23. The Hall–Kier alpha value is -1.30. The van der Waals surface area contributed by atoms with Crippen molar-refractivity contribution in [2.75, 3.05) is 26.3 Å². The Labute approximate surface area is 145 Å². The molecule has 2 rings (SSSR count). The molecule has 6 heteroatoms. The van der Waals surface area contributed by atoms with Gasteiger partial charge in [-0.25, -0.2) is 4.79 Å². The van der Waals surface area contributed by atoms with Crippen LogP contribution in [0.4, 0.5) is 4.79 Å². The third-order valence-electron chi connectivity index (χ3n) is 5.18. The lowest BCUT2D eigenvalue weighted by Gasteiger charge is -2.44. The number of ether oxygens (including phenoxy) is 2. The van der Waals surface area contributed by atoms with Crippen LogP contribution in [0.15, 0.2) is 0 Å². The molecule has 2 saturated heterocycles. The molecule has 1 N–H and O–H groups in total. The van der Waals surface area contributed by atoms with Gasteiger partial charge in [0.05, 0.1) is 6.10 Å². The molecule has 0 aromatic heterocycles. The van der Waals surface area contributed by atoms with Crippen molar-refractivity contribution in [2.24, 2.45) is 5.41 Å². The monoisotopic (exact) mass is 340 g/mol. The summed E-state index contributed by atoms with van der Waals surface area (Å²) in [6, 6.07) is -0.0437. The van der Waals surface area contributed by atoms with Crippen molar-refractivity contribution >= 4 is 12.0 Å². The van der Waals surface area contributed by atoms with Gasteiger partial charge in [-0.3, -0.25) is 4.79 Å². The van der Waals surface area contributed by atoms with E-state index in [0.29, 0.717) is 18.3 Å². The number of hydrogen-bond donors (Lipinski definition) is 1. The third-order valence-corrected chi connectivity index (χ3v) is 5.18. The second kappa shape index (κ2) is 8.70. The summed E-state index contributed by atoms with van der Waals surface area (Å²) in [5.74, 6) is -0.203. The normalized spacial score (nSPS) is 21.6. The number of piperidine rings is 1. The number of esters is 1. The molecule has 1 spiro atoms. The van der Waals surface area contributed by atoms with E-state index in [0.717, 1.165) is 52.0 Å². The first-order valence-electron chi connectivity index (χ1n) is 9.23. The lowest BCUT2D eigenvalue weighted by molar-refractivity contribution is -0.147. The van der Waals surface area contributed by atoms with Crippen LogP contribution in [-0.2, 0) is 14.3 Å². The Bertz CT molecular complexity index is 423. The van der Waals surface area contributed by atoms with Crippen LogP contribution in [0.2, 0.25) is 0 Å². The van der Waals surface area contributed by atoms with Gasteiger partial charge in [0.2, 0.25) is 0 Å². The molecule has 2 heterocycles. The fourth-order valence-electron chi connectivity index (χ4n) is 3.52. The topological polar surface area (TPSA) is 67.9 Å². The van der Waals surface area contributed by atoms with E-state index < -0.39 is 0 Å². The van der Waals surface area contributed by atoms with E-state index in [4.69, 9.17) is 9.47 Å². The van der Waals surface area contributed by atoms with Gasteiger partial charge in [0.25, 0.3) is 0 Å². The molecule has 1 atom stereocenters. The summed E-state index contributed by atoms with van der Waals surface area (Å²) in [7, 11) is 0. The molecule has 2 aliphatic heterocycles. The molecule has 0 aliphatic carbocycles. The lowest BCUT2D eigenvalue weighted by atomic mass is 9.72. The molecule has 2 amide bonds. The maximum atomic E-state index is 12.4. The summed E-state index contributed by atoms with van der Waals surface area (Å²) in [5.41, 5.74) is 0.390. The minimum absolute atomic E-state index is 0.0124. The zero-order chi connectivity index (χ0) is 17.6. The van der Waals surface area contributed by atoms with Crippen molar-refractivity contribution in [3.05, 3.63) is 0 Å². The highest BCUT2D eigenvalue weighted by atomic mass is 16.5. The third kappa shape index (κ3) is 5.65. The Balaban J connectivity index is 1.68. The summed E-state index contributed by atoms with van der Waals surface area (Å²) in [4.78, 5) is 25.8. The summed E-state index contributed by atoms with van der Waals surface area (Å²) in [6.07, 6.45) is 5.23. The molecule has 0 aromatic carbocycles. The van der Waals surface area contributed by atoms with Crippen molar-refractivity contribution in [3.8, 4) is 0 Å². The van der Waals surface area contributed by atoms with Crippen molar-refractivity contribution < 1.29 is 19.1 Å². The van der Waals surface area contributed by atoms with Crippen LogP contribution in [0, 0.1) is 5.41 Å². The predicted octanol–water partition coefficient (Wildman–Crippen LogP) is 2.71. The van der Waals surface area contributed by atoms with Gasteiger partial charge < -0.3 is 19.7 Å². The van der Waals surface area contributed by atoms with Crippen LogP contribution in [0.1, 0.15) is 59.3 Å². The first kappa shape index (κ1) is 19.0. The van der Waals surface area contributed by atoms with Gasteiger partial charge in [-0.15, -0.1) is 0 Å². The van der Waals surface area contributed by atoms with E-state index in [1.165, 1.54) is 0 Å². The van der Waals surface area contributed by atoms with E-state index in [1.807, 2.05) is 25.7 Å². The maximum Gasteiger partial charge on any atom is 0.317 e. The smallest absolute Gasteiger partial charge is 0.317 e. The maximum absolute atomic E-state index is 12.4. The average Bonchev–Trinajstić information content (AvgIpc) is 2.54. The highest BCUT2D eigenvalue weighted by molar-refractivity contribution is 5.75.